The van der Waals surface area contributed by atoms with E-state index in [4.69, 9.17) is 4.74 Å². The average molecular weight is 288 g/mol. The van der Waals surface area contributed by atoms with Crippen molar-refractivity contribution in [3.63, 3.8) is 0 Å². The van der Waals surface area contributed by atoms with E-state index in [2.05, 4.69) is 42.3 Å². The van der Waals surface area contributed by atoms with E-state index in [1.54, 1.807) is 0 Å². The molecule has 1 aliphatic heterocycles. The van der Waals surface area contributed by atoms with Gasteiger partial charge in [0.1, 0.15) is 0 Å². The molecule has 1 aromatic carbocycles. The van der Waals surface area contributed by atoms with Gasteiger partial charge < -0.3 is 15.0 Å². The van der Waals surface area contributed by atoms with Gasteiger partial charge in [-0.15, -0.1) is 0 Å². The summed E-state index contributed by atoms with van der Waals surface area (Å²) in [5.41, 5.74) is 4.22. The Morgan fingerprint density at radius 1 is 1.19 bits per heavy atom. The van der Waals surface area contributed by atoms with Crippen LogP contribution in [0.15, 0.2) is 18.2 Å². The quantitative estimate of drug-likeness (QED) is 0.869. The first-order valence-electron chi connectivity index (χ1n) is 8.45. The van der Waals surface area contributed by atoms with Crippen LogP contribution >= 0.6 is 0 Å². The molecule has 0 bridgehead atoms. The van der Waals surface area contributed by atoms with Gasteiger partial charge in [-0.2, -0.15) is 0 Å². The molecule has 1 N–H and O–H groups in total. The topological polar surface area (TPSA) is 24.5 Å². The minimum absolute atomic E-state index is 0.467. The molecular formula is C18H28N2O. The van der Waals surface area contributed by atoms with E-state index in [1.807, 2.05) is 0 Å². The van der Waals surface area contributed by atoms with Gasteiger partial charge in [0.25, 0.3) is 0 Å². The molecule has 0 aromatic heterocycles. The second-order valence-corrected chi connectivity index (χ2v) is 6.41. The number of piperidine rings is 1. The highest BCUT2D eigenvalue weighted by Crippen LogP contribution is 2.25. The maximum absolute atomic E-state index is 5.74. The SMILES string of the molecule is CCOC1CCN(c2ccc(CNC3CC3)c(C)c2)CC1. The van der Waals surface area contributed by atoms with Gasteiger partial charge in [-0.25, -0.2) is 0 Å². The molecule has 21 heavy (non-hydrogen) atoms. The van der Waals surface area contributed by atoms with Crippen LogP contribution in [0.5, 0.6) is 0 Å². The van der Waals surface area contributed by atoms with Crippen molar-refractivity contribution in [1.82, 2.24) is 5.32 Å². The summed E-state index contributed by atoms with van der Waals surface area (Å²) < 4.78 is 5.74. The zero-order chi connectivity index (χ0) is 14.7. The zero-order valence-electron chi connectivity index (χ0n) is 13.4. The Hall–Kier alpha value is -1.06. The van der Waals surface area contributed by atoms with Crippen LogP contribution in [0, 0.1) is 6.92 Å². The molecular weight excluding hydrogens is 260 g/mol. The average Bonchev–Trinajstić information content (AvgIpc) is 3.31. The molecule has 1 saturated heterocycles. The molecule has 0 unspecified atom stereocenters. The highest BCUT2D eigenvalue weighted by atomic mass is 16.5. The van der Waals surface area contributed by atoms with E-state index < -0.39 is 0 Å². The van der Waals surface area contributed by atoms with E-state index in [0.717, 1.165) is 45.1 Å². The highest BCUT2D eigenvalue weighted by Gasteiger charge is 2.21. The summed E-state index contributed by atoms with van der Waals surface area (Å²) in [5, 5.41) is 3.60. The van der Waals surface area contributed by atoms with Crippen LogP contribution in [0.25, 0.3) is 0 Å². The van der Waals surface area contributed by atoms with Crippen molar-refractivity contribution >= 4 is 5.69 Å². The first kappa shape index (κ1) is 14.9. The van der Waals surface area contributed by atoms with Crippen LogP contribution in [-0.4, -0.2) is 31.8 Å². The van der Waals surface area contributed by atoms with Crippen molar-refractivity contribution in [2.45, 2.75) is 58.2 Å². The third-order valence-electron chi connectivity index (χ3n) is 4.69. The first-order chi connectivity index (χ1) is 10.3. The van der Waals surface area contributed by atoms with Crippen LogP contribution in [0.1, 0.15) is 43.7 Å². The molecule has 1 aliphatic carbocycles. The summed E-state index contributed by atoms with van der Waals surface area (Å²) >= 11 is 0. The predicted molar refractivity (Wildman–Crippen MR) is 87.9 cm³/mol. The molecule has 1 aromatic rings. The van der Waals surface area contributed by atoms with Crippen molar-refractivity contribution in [2.24, 2.45) is 0 Å². The highest BCUT2D eigenvalue weighted by molar-refractivity contribution is 5.51. The zero-order valence-corrected chi connectivity index (χ0v) is 13.4. The van der Waals surface area contributed by atoms with Gasteiger partial charge in [0.05, 0.1) is 6.10 Å². The molecule has 3 rings (SSSR count). The number of hydrogen-bond acceptors (Lipinski definition) is 3. The van der Waals surface area contributed by atoms with Crippen LogP contribution in [0.4, 0.5) is 5.69 Å². The Kier molecular flexibility index (Phi) is 4.81. The lowest BCUT2D eigenvalue weighted by molar-refractivity contribution is 0.0459. The number of rotatable bonds is 6. The van der Waals surface area contributed by atoms with Gasteiger partial charge in [0.15, 0.2) is 0 Å². The van der Waals surface area contributed by atoms with E-state index in [1.165, 1.54) is 29.7 Å². The van der Waals surface area contributed by atoms with Crippen molar-refractivity contribution in [3.8, 4) is 0 Å². The Balaban J connectivity index is 1.57. The van der Waals surface area contributed by atoms with Gasteiger partial charge in [0, 0.05) is 38.0 Å². The standard InChI is InChI=1S/C18H28N2O/c1-3-21-18-8-10-20(11-9-18)17-7-4-15(14(2)12-17)13-19-16-5-6-16/h4,7,12,16,18-19H,3,5-6,8-11,13H2,1-2H3. The third kappa shape index (κ3) is 3.98. The Labute approximate surface area is 128 Å². The summed E-state index contributed by atoms with van der Waals surface area (Å²) in [6.45, 7) is 8.41. The monoisotopic (exact) mass is 288 g/mol. The smallest absolute Gasteiger partial charge is 0.0608 e. The van der Waals surface area contributed by atoms with E-state index in [0.29, 0.717) is 6.10 Å². The number of nitrogens with zero attached hydrogens (tertiary/aromatic N) is 1. The minimum atomic E-state index is 0.467. The summed E-state index contributed by atoms with van der Waals surface area (Å²) in [7, 11) is 0. The second-order valence-electron chi connectivity index (χ2n) is 6.41. The molecule has 0 spiro atoms. The number of ether oxygens (including phenoxy) is 1. The number of aryl methyl sites for hydroxylation is 1. The number of hydrogen-bond donors (Lipinski definition) is 1. The fourth-order valence-corrected chi connectivity index (χ4v) is 3.13. The fraction of sp³-hybridized carbons (Fsp3) is 0.667. The Morgan fingerprint density at radius 3 is 2.57 bits per heavy atom. The molecule has 1 heterocycles. The number of anilines is 1. The van der Waals surface area contributed by atoms with Crippen molar-refractivity contribution in [1.29, 1.82) is 0 Å². The predicted octanol–water partition coefficient (Wildman–Crippen LogP) is 3.25. The van der Waals surface area contributed by atoms with Crippen molar-refractivity contribution in [3.05, 3.63) is 29.3 Å². The first-order valence-corrected chi connectivity index (χ1v) is 8.45. The molecule has 2 aliphatic rings. The fourth-order valence-electron chi connectivity index (χ4n) is 3.13. The van der Waals surface area contributed by atoms with Crippen molar-refractivity contribution in [2.75, 3.05) is 24.6 Å². The molecule has 0 radical (unpaired) electrons. The number of nitrogens with one attached hydrogen (secondary N) is 1. The van der Waals surface area contributed by atoms with E-state index in [9.17, 15) is 0 Å². The minimum Gasteiger partial charge on any atom is -0.378 e. The second kappa shape index (κ2) is 6.80. The molecule has 0 atom stereocenters. The van der Waals surface area contributed by atoms with Crippen LogP contribution in [0.3, 0.4) is 0 Å². The lowest BCUT2D eigenvalue weighted by atomic mass is 10.0. The van der Waals surface area contributed by atoms with Crippen molar-refractivity contribution < 1.29 is 4.74 Å². The molecule has 2 fully saturated rings. The Morgan fingerprint density at radius 2 is 1.95 bits per heavy atom. The largest absolute Gasteiger partial charge is 0.378 e. The molecule has 3 nitrogen and oxygen atoms in total. The maximum Gasteiger partial charge on any atom is 0.0608 e. The van der Waals surface area contributed by atoms with Crippen LogP contribution in [-0.2, 0) is 11.3 Å². The summed E-state index contributed by atoms with van der Waals surface area (Å²) in [5.74, 6) is 0. The Bertz CT molecular complexity index is 462. The van der Waals surface area contributed by atoms with Gasteiger partial charge >= 0.3 is 0 Å². The molecule has 1 saturated carbocycles. The molecule has 3 heteroatoms. The normalized spacial score (nSPS) is 20.0. The lowest BCUT2D eigenvalue weighted by Crippen LogP contribution is -2.37. The summed E-state index contributed by atoms with van der Waals surface area (Å²) in [4.78, 5) is 2.50. The third-order valence-corrected chi connectivity index (χ3v) is 4.69. The summed E-state index contributed by atoms with van der Waals surface area (Å²) in [6, 6.07) is 7.72. The van der Waals surface area contributed by atoms with Gasteiger partial charge in [0.2, 0.25) is 0 Å². The maximum atomic E-state index is 5.74. The summed E-state index contributed by atoms with van der Waals surface area (Å²) in [6.07, 6.45) is 5.47. The van der Waals surface area contributed by atoms with E-state index >= 15 is 0 Å². The van der Waals surface area contributed by atoms with Crippen LogP contribution < -0.4 is 10.2 Å². The molecule has 116 valence electrons. The van der Waals surface area contributed by atoms with E-state index in [-0.39, 0.29) is 0 Å². The van der Waals surface area contributed by atoms with Gasteiger partial charge in [-0.05, 0) is 62.8 Å². The molecule has 0 amide bonds. The van der Waals surface area contributed by atoms with Gasteiger partial charge in [-0.3, -0.25) is 0 Å². The lowest BCUT2D eigenvalue weighted by Gasteiger charge is -2.33. The number of benzene rings is 1. The van der Waals surface area contributed by atoms with Crippen LogP contribution in [0.2, 0.25) is 0 Å². The van der Waals surface area contributed by atoms with Gasteiger partial charge in [-0.1, -0.05) is 6.07 Å².